The molecule has 0 aliphatic heterocycles. The van der Waals surface area contributed by atoms with E-state index in [1.165, 1.54) is 10.7 Å². The summed E-state index contributed by atoms with van der Waals surface area (Å²) in [4.78, 5) is 4.54. The van der Waals surface area contributed by atoms with E-state index in [2.05, 4.69) is 50.3 Å². The molecular weight excluding hydrogens is 204 g/mol. The summed E-state index contributed by atoms with van der Waals surface area (Å²) in [7, 11) is 0. The van der Waals surface area contributed by atoms with Gasteiger partial charge in [-0.1, -0.05) is 27.7 Å². The number of rotatable bonds is 4. The van der Waals surface area contributed by atoms with E-state index in [4.69, 9.17) is 0 Å². The van der Waals surface area contributed by atoms with E-state index in [-0.39, 0.29) is 0 Å². The van der Waals surface area contributed by atoms with Gasteiger partial charge in [0.1, 0.15) is 0 Å². The highest BCUT2D eigenvalue weighted by atomic mass is 32.1. The van der Waals surface area contributed by atoms with Gasteiger partial charge in [-0.2, -0.15) is 0 Å². The molecule has 86 valence electrons. The Kier molecular flexibility index (Phi) is 4.29. The van der Waals surface area contributed by atoms with E-state index in [9.17, 15) is 0 Å². The first-order valence-corrected chi connectivity index (χ1v) is 6.48. The minimum Gasteiger partial charge on any atom is -0.308 e. The molecule has 0 bridgehead atoms. The lowest BCUT2D eigenvalue weighted by atomic mass is 9.88. The van der Waals surface area contributed by atoms with Gasteiger partial charge in [0, 0.05) is 18.0 Å². The van der Waals surface area contributed by atoms with Crippen molar-refractivity contribution in [1.29, 1.82) is 0 Å². The third-order valence-corrected chi connectivity index (χ3v) is 3.83. The Labute approximate surface area is 97.1 Å². The van der Waals surface area contributed by atoms with Gasteiger partial charge in [0.2, 0.25) is 0 Å². The van der Waals surface area contributed by atoms with Gasteiger partial charge in [-0.15, -0.1) is 11.3 Å². The van der Waals surface area contributed by atoms with Crippen LogP contribution in [0, 0.1) is 5.41 Å². The molecular formula is C12H22N2S. The normalized spacial score (nSPS) is 14.2. The number of nitrogens with zero attached hydrogens (tertiary/aromatic N) is 1. The lowest BCUT2D eigenvalue weighted by Gasteiger charge is -2.27. The highest BCUT2D eigenvalue weighted by molar-refractivity contribution is 7.09. The summed E-state index contributed by atoms with van der Waals surface area (Å²) >= 11 is 1.76. The first kappa shape index (κ1) is 12.7. The fraction of sp³-hybridized carbons (Fsp3) is 0.750. The zero-order valence-electron chi connectivity index (χ0n) is 10.4. The summed E-state index contributed by atoms with van der Waals surface area (Å²) in [5.41, 5.74) is 1.48. The van der Waals surface area contributed by atoms with Gasteiger partial charge in [-0.25, -0.2) is 4.98 Å². The molecule has 0 radical (unpaired) electrons. The molecule has 15 heavy (non-hydrogen) atoms. The average molecular weight is 226 g/mol. The Morgan fingerprint density at radius 3 is 2.60 bits per heavy atom. The van der Waals surface area contributed by atoms with Crippen molar-refractivity contribution in [3.63, 3.8) is 0 Å². The van der Waals surface area contributed by atoms with E-state index in [0.717, 1.165) is 13.0 Å². The minimum absolute atomic E-state index is 0.309. The zero-order chi connectivity index (χ0) is 11.5. The molecule has 1 unspecified atom stereocenters. The van der Waals surface area contributed by atoms with Crippen molar-refractivity contribution >= 4 is 11.3 Å². The summed E-state index contributed by atoms with van der Waals surface area (Å²) in [6, 6.07) is 0.504. The van der Waals surface area contributed by atoms with Crippen molar-refractivity contribution in [2.24, 2.45) is 5.41 Å². The molecule has 1 aromatic rings. The number of thiazole rings is 1. The molecule has 0 aromatic carbocycles. The van der Waals surface area contributed by atoms with Crippen molar-refractivity contribution in [1.82, 2.24) is 10.3 Å². The third kappa shape index (κ3) is 3.92. The smallest absolute Gasteiger partial charge is 0.0926 e. The third-order valence-electron chi connectivity index (χ3n) is 2.79. The van der Waals surface area contributed by atoms with Crippen molar-refractivity contribution in [3.8, 4) is 0 Å². The zero-order valence-corrected chi connectivity index (χ0v) is 11.2. The Balaban J connectivity index is 2.43. The van der Waals surface area contributed by atoms with Crippen LogP contribution < -0.4 is 5.32 Å². The molecule has 0 aliphatic carbocycles. The maximum atomic E-state index is 4.54. The van der Waals surface area contributed by atoms with Crippen molar-refractivity contribution < 1.29 is 0 Å². The highest BCUT2D eigenvalue weighted by Crippen LogP contribution is 2.19. The molecule has 1 rings (SSSR count). The quantitative estimate of drug-likeness (QED) is 0.852. The van der Waals surface area contributed by atoms with Crippen LogP contribution in [-0.2, 0) is 13.0 Å². The monoisotopic (exact) mass is 226 g/mol. The van der Waals surface area contributed by atoms with Gasteiger partial charge in [0.05, 0.1) is 10.7 Å². The van der Waals surface area contributed by atoms with Crippen LogP contribution in [0.3, 0.4) is 0 Å². The second-order valence-corrected chi connectivity index (χ2v) is 6.00. The predicted molar refractivity (Wildman–Crippen MR) is 67.2 cm³/mol. The molecule has 1 N–H and O–H groups in total. The summed E-state index contributed by atoms with van der Waals surface area (Å²) < 4.78 is 0. The van der Waals surface area contributed by atoms with Gasteiger partial charge in [-0.05, 0) is 18.8 Å². The van der Waals surface area contributed by atoms with Gasteiger partial charge in [0.25, 0.3) is 0 Å². The van der Waals surface area contributed by atoms with Gasteiger partial charge < -0.3 is 5.32 Å². The molecule has 1 atom stereocenters. The van der Waals surface area contributed by atoms with E-state index in [1.54, 1.807) is 11.3 Å². The fourth-order valence-corrected chi connectivity index (χ4v) is 1.90. The lowest BCUT2D eigenvalue weighted by Crippen LogP contribution is -2.37. The van der Waals surface area contributed by atoms with Crippen LogP contribution in [0.5, 0.6) is 0 Å². The molecule has 2 nitrogen and oxygen atoms in total. The van der Waals surface area contributed by atoms with Gasteiger partial charge in [0.15, 0.2) is 0 Å². The van der Waals surface area contributed by atoms with E-state index in [0.29, 0.717) is 11.5 Å². The van der Waals surface area contributed by atoms with Crippen LogP contribution in [-0.4, -0.2) is 11.0 Å². The second-order valence-electron chi connectivity index (χ2n) is 5.05. The predicted octanol–water partition coefficient (Wildman–Crippen LogP) is 3.23. The molecule has 1 heterocycles. The SMILES string of the molecule is CCc1nc(CNC(C)C(C)(C)C)cs1. The topological polar surface area (TPSA) is 24.9 Å². The first-order chi connectivity index (χ1) is 6.93. The summed E-state index contributed by atoms with van der Waals surface area (Å²) in [6.07, 6.45) is 1.04. The summed E-state index contributed by atoms with van der Waals surface area (Å²) in [5, 5.41) is 6.91. The minimum atomic E-state index is 0.309. The molecule has 0 fully saturated rings. The fourth-order valence-electron chi connectivity index (χ4n) is 1.16. The van der Waals surface area contributed by atoms with E-state index < -0.39 is 0 Å². The molecule has 0 saturated carbocycles. The first-order valence-electron chi connectivity index (χ1n) is 5.60. The number of aromatic nitrogens is 1. The Bertz CT molecular complexity index is 299. The number of aryl methyl sites for hydroxylation is 1. The molecule has 0 spiro atoms. The van der Waals surface area contributed by atoms with Crippen LogP contribution in [0.1, 0.15) is 45.3 Å². The molecule has 3 heteroatoms. The number of hydrogen-bond donors (Lipinski definition) is 1. The van der Waals surface area contributed by atoms with Gasteiger partial charge >= 0.3 is 0 Å². The Morgan fingerprint density at radius 1 is 1.47 bits per heavy atom. The molecule has 1 aromatic heterocycles. The molecule has 0 aliphatic rings. The Morgan fingerprint density at radius 2 is 2.13 bits per heavy atom. The number of nitrogens with one attached hydrogen (secondary N) is 1. The second kappa shape index (κ2) is 5.08. The maximum Gasteiger partial charge on any atom is 0.0926 e. The van der Waals surface area contributed by atoms with Crippen molar-refractivity contribution in [2.45, 2.75) is 53.6 Å². The van der Waals surface area contributed by atoms with Crippen LogP contribution >= 0.6 is 11.3 Å². The van der Waals surface area contributed by atoms with Crippen LogP contribution in [0.2, 0.25) is 0 Å². The van der Waals surface area contributed by atoms with E-state index in [1.807, 2.05) is 0 Å². The van der Waals surface area contributed by atoms with Crippen molar-refractivity contribution in [2.75, 3.05) is 0 Å². The van der Waals surface area contributed by atoms with Gasteiger partial charge in [-0.3, -0.25) is 0 Å². The highest BCUT2D eigenvalue weighted by Gasteiger charge is 2.19. The maximum absolute atomic E-state index is 4.54. The van der Waals surface area contributed by atoms with Crippen LogP contribution in [0.4, 0.5) is 0 Å². The van der Waals surface area contributed by atoms with Crippen molar-refractivity contribution in [3.05, 3.63) is 16.1 Å². The Hall–Kier alpha value is -0.410. The largest absolute Gasteiger partial charge is 0.308 e. The van der Waals surface area contributed by atoms with Crippen LogP contribution in [0.25, 0.3) is 0 Å². The molecule has 0 amide bonds. The molecule has 0 saturated heterocycles. The lowest BCUT2D eigenvalue weighted by molar-refractivity contribution is 0.284. The van der Waals surface area contributed by atoms with Crippen LogP contribution in [0.15, 0.2) is 5.38 Å². The summed E-state index contributed by atoms with van der Waals surface area (Å²) in [5.74, 6) is 0. The average Bonchev–Trinajstić information content (AvgIpc) is 2.60. The van der Waals surface area contributed by atoms with E-state index >= 15 is 0 Å². The summed E-state index contributed by atoms with van der Waals surface area (Å²) in [6.45, 7) is 12.0. The number of hydrogen-bond acceptors (Lipinski definition) is 3. The standard InChI is InChI=1S/C12H22N2S/c1-6-11-14-10(8-15-11)7-13-9(2)12(3,4)5/h8-9,13H,6-7H2,1-5H3.